The summed E-state index contributed by atoms with van der Waals surface area (Å²) in [5.74, 6) is -1.47. The van der Waals surface area contributed by atoms with Gasteiger partial charge in [0, 0.05) is 6.04 Å². The van der Waals surface area contributed by atoms with Crippen LogP contribution in [0, 0.1) is 0 Å². The molecule has 4 aromatic carbocycles. The molecular weight excluding hydrogens is 787 g/mol. The molecule has 2 heterocycles. The highest BCUT2D eigenvalue weighted by molar-refractivity contribution is 5.82. The van der Waals surface area contributed by atoms with E-state index in [4.69, 9.17) is 18.9 Å². The number of hydrogen-bond acceptors (Lipinski definition) is 11. The molecule has 0 spiro atoms. The van der Waals surface area contributed by atoms with Crippen molar-refractivity contribution >= 4 is 29.8 Å². The maximum Gasteiger partial charge on any atom is 0.323 e. The molecule has 3 atom stereocenters. The third kappa shape index (κ3) is 15.9. The lowest BCUT2D eigenvalue weighted by Crippen LogP contribution is -2.47. The first-order chi connectivity index (χ1) is 29.9. The van der Waals surface area contributed by atoms with Gasteiger partial charge in [-0.2, -0.15) is 0 Å². The van der Waals surface area contributed by atoms with Crippen LogP contribution in [0.5, 0.6) is 0 Å². The number of benzene rings is 4. The summed E-state index contributed by atoms with van der Waals surface area (Å²) < 4.78 is 21.4. The number of ether oxygens (including phenoxy) is 4. The monoisotopic (exact) mass is 847 g/mol. The van der Waals surface area contributed by atoms with Gasteiger partial charge in [-0.25, -0.2) is 0 Å². The molecule has 2 aliphatic rings. The van der Waals surface area contributed by atoms with Crippen molar-refractivity contribution in [1.82, 2.24) is 15.1 Å². The van der Waals surface area contributed by atoms with Gasteiger partial charge in [-0.1, -0.05) is 115 Å². The highest BCUT2D eigenvalue weighted by Crippen LogP contribution is 2.22. The Bertz CT molecular complexity index is 2020. The summed E-state index contributed by atoms with van der Waals surface area (Å²) in [6.45, 7) is 9.56. The minimum absolute atomic E-state index is 0.0668. The largest absolute Gasteiger partial charge is 0.466 e. The molecule has 2 aliphatic heterocycles. The van der Waals surface area contributed by atoms with E-state index < -0.39 is 17.7 Å². The van der Waals surface area contributed by atoms with Gasteiger partial charge < -0.3 is 24.3 Å². The van der Waals surface area contributed by atoms with Crippen molar-refractivity contribution in [2.45, 2.75) is 103 Å². The number of hydrogen-bond donors (Lipinski definition) is 1. The van der Waals surface area contributed by atoms with E-state index in [0.29, 0.717) is 25.9 Å². The summed E-state index contributed by atoms with van der Waals surface area (Å²) in [5, 5.41) is 3.01. The number of carbonyl (C=O) groups is 5. The lowest BCUT2D eigenvalue weighted by atomic mass is 9.99. The van der Waals surface area contributed by atoms with Crippen LogP contribution in [0.2, 0.25) is 0 Å². The highest BCUT2D eigenvalue weighted by atomic mass is 16.6. The van der Waals surface area contributed by atoms with Crippen LogP contribution in [-0.4, -0.2) is 96.1 Å². The molecule has 12 nitrogen and oxygen atoms in total. The van der Waals surface area contributed by atoms with Gasteiger partial charge in [0.25, 0.3) is 0 Å². The van der Waals surface area contributed by atoms with Crippen molar-refractivity contribution in [3.63, 3.8) is 0 Å². The average molecular weight is 848 g/mol. The van der Waals surface area contributed by atoms with Crippen molar-refractivity contribution < 1.29 is 42.9 Å². The molecule has 0 bridgehead atoms. The molecule has 1 amide bonds. The van der Waals surface area contributed by atoms with Crippen molar-refractivity contribution in [3.8, 4) is 11.1 Å². The zero-order valence-corrected chi connectivity index (χ0v) is 36.5. The third-order valence-electron chi connectivity index (χ3n) is 10.4. The second-order valence-electron chi connectivity index (χ2n) is 16.6. The number of nitrogens with zero attached hydrogens (tertiary/aromatic N) is 2. The fourth-order valence-corrected chi connectivity index (χ4v) is 7.56. The predicted octanol–water partition coefficient (Wildman–Crippen LogP) is 7.08. The van der Waals surface area contributed by atoms with Crippen LogP contribution in [0.15, 0.2) is 115 Å². The Balaban J connectivity index is 0.000000269. The molecule has 0 aromatic heterocycles. The maximum atomic E-state index is 13.1. The summed E-state index contributed by atoms with van der Waals surface area (Å²) >= 11 is 0. The molecule has 0 saturated carbocycles. The van der Waals surface area contributed by atoms with Crippen molar-refractivity contribution in [1.29, 1.82) is 0 Å². The molecule has 0 radical (unpaired) electrons. The molecule has 2 fully saturated rings. The van der Waals surface area contributed by atoms with E-state index in [0.717, 1.165) is 47.1 Å². The Kier molecular flexibility index (Phi) is 18.2. The normalized spacial score (nSPS) is 16.9. The van der Waals surface area contributed by atoms with Crippen LogP contribution in [0.3, 0.4) is 0 Å². The molecule has 6 rings (SSSR count). The lowest BCUT2D eigenvalue weighted by Gasteiger charge is -2.25. The summed E-state index contributed by atoms with van der Waals surface area (Å²) in [7, 11) is 0. The van der Waals surface area contributed by atoms with Crippen LogP contribution >= 0.6 is 0 Å². The quantitative estimate of drug-likeness (QED) is 0.0862. The van der Waals surface area contributed by atoms with Crippen LogP contribution in [-0.2, 0) is 62.6 Å². The summed E-state index contributed by atoms with van der Waals surface area (Å²) in [5.41, 5.74) is 4.60. The summed E-state index contributed by atoms with van der Waals surface area (Å²) in [6.07, 6.45) is 3.63. The minimum Gasteiger partial charge on any atom is -0.466 e. The fourth-order valence-electron chi connectivity index (χ4n) is 7.56. The van der Waals surface area contributed by atoms with E-state index in [1.807, 2.05) is 134 Å². The molecule has 0 unspecified atom stereocenters. The van der Waals surface area contributed by atoms with Crippen molar-refractivity contribution in [2.24, 2.45) is 0 Å². The summed E-state index contributed by atoms with van der Waals surface area (Å²) in [4.78, 5) is 66.1. The molecular formula is C50H61N3O9. The Hall–Kier alpha value is -5.85. The zero-order valence-electron chi connectivity index (χ0n) is 36.5. The number of rotatable bonds is 17. The van der Waals surface area contributed by atoms with Gasteiger partial charge in [-0.15, -0.1) is 0 Å². The number of esters is 4. The Morgan fingerprint density at radius 2 is 1.10 bits per heavy atom. The average Bonchev–Trinajstić information content (AvgIpc) is 3.92. The van der Waals surface area contributed by atoms with Gasteiger partial charge in [-0.3, -0.25) is 33.8 Å². The number of carbonyl (C=O) groups excluding carboxylic acids is 5. The number of likely N-dealkylation sites (tertiary alicyclic amines) is 2. The number of amides is 1. The third-order valence-corrected chi connectivity index (χ3v) is 10.4. The van der Waals surface area contributed by atoms with Gasteiger partial charge in [0.1, 0.15) is 30.9 Å². The molecule has 12 heteroatoms. The van der Waals surface area contributed by atoms with Gasteiger partial charge in [-0.05, 0) is 101 Å². The van der Waals surface area contributed by atoms with Gasteiger partial charge in [0.2, 0.25) is 5.91 Å². The van der Waals surface area contributed by atoms with Gasteiger partial charge in [0.05, 0.1) is 26.1 Å². The topological polar surface area (TPSA) is 141 Å². The minimum atomic E-state index is -0.514. The predicted molar refractivity (Wildman–Crippen MR) is 236 cm³/mol. The first-order valence-corrected chi connectivity index (χ1v) is 21.6. The van der Waals surface area contributed by atoms with E-state index in [1.54, 1.807) is 6.92 Å². The van der Waals surface area contributed by atoms with Crippen LogP contribution < -0.4 is 5.32 Å². The fraction of sp³-hybridized carbons (Fsp3) is 0.420. The van der Waals surface area contributed by atoms with E-state index in [2.05, 4.69) is 17.4 Å². The second kappa shape index (κ2) is 24.0. The van der Waals surface area contributed by atoms with Gasteiger partial charge in [0.15, 0.2) is 0 Å². The second-order valence-corrected chi connectivity index (χ2v) is 16.6. The van der Waals surface area contributed by atoms with Crippen LogP contribution in [0.4, 0.5) is 0 Å². The van der Waals surface area contributed by atoms with E-state index in [-0.39, 0.29) is 75.2 Å². The van der Waals surface area contributed by atoms with Crippen LogP contribution in [0.1, 0.15) is 76.5 Å². The molecule has 0 aliphatic carbocycles. The number of nitrogens with one attached hydrogen (secondary N) is 1. The first-order valence-electron chi connectivity index (χ1n) is 21.6. The Labute approximate surface area is 365 Å². The van der Waals surface area contributed by atoms with Crippen molar-refractivity contribution in [3.05, 3.63) is 132 Å². The molecule has 62 heavy (non-hydrogen) atoms. The molecule has 330 valence electrons. The first kappa shape index (κ1) is 47.2. The van der Waals surface area contributed by atoms with Gasteiger partial charge >= 0.3 is 23.9 Å². The Morgan fingerprint density at radius 3 is 1.60 bits per heavy atom. The standard InChI is InChI=1S/C32H36N2O5.C18H25NO4/c1-2-38-31(36)21-28(20-24-15-17-27(18-16-24)26-12-7-4-8-13-26)33-30(35)22-34-19-9-14-29(34)32(37)39-23-25-10-5-3-6-11-25;1-18(2,3)23-16(20)12-19-11-7-10-15(19)17(21)22-13-14-8-5-4-6-9-14/h3-8,10-13,15-18,28-29H,2,9,14,19-23H2,1H3,(H,33,35);4-6,8-9,15H,7,10-13H2,1-3H3/t28-,29+;15-/m10/s1. The van der Waals surface area contributed by atoms with Crippen molar-refractivity contribution in [2.75, 3.05) is 32.8 Å². The lowest BCUT2D eigenvalue weighted by molar-refractivity contribution is -0.159. The highest BCUT2D eigenvalue weighted by Gasteiger charge is 2.35. The zero-order chi connectivity index (χ0) is 44.3. The summed E-state index contributed by atoms with van der Waals surface area (Å²) in [6, 6.07) is 36.1. The smallest absolute Gasteiger partial charge is 0.323 e. The van der Waals surface area contributed by atoms with Crippen LogP contribution in [0.25, 0.3) is 11.1 Å². The SMILES string of the molecule is CC(C)(C)OC(=O)CN1CCC[C@H]1C(=O)OCc1ccccc1.CCOC(=O)C[C@@H](Cc1ccc(-c2ccccc2)cc1)NC(=O)CN1CCC[C@H]1C(=O)OCc1ccccc1. The van der Waals surface area contributed by atoms with E-state index >= 15 is 0 Å². The molecule has 1 N–H and O–H groups in total. The maximum absolute atomic E-state index is 13.1. The molecule has 2 saturated heterocycles. The molecule has 4 aromatic rings. The van der Waals surface area contributed by atoms with E-state index in [1.165, 1.54) is 0 Å². The Morgan fingerprint density at radius 1 is 0.613 bits per heavy atom. The van der Waals surface area contributed by atoms with E-state index in [9.17, 15) is 24.0 Å².